The topological polar surface area (TPSA) is 71.8 Å². The van der Waals surface area contributed by atoms with Crippen molar-refractivity contribution in [1.29, 1.82) is 0 Å². The van der Waals surface area contributed by atoms with Crippen LogP contribution in [0.4, 0.5) is 0 Å². The predicted molar refractivity (Wildman–Crippen MR) is 76.5 cm³/mol. The van der Waals surface area contributed by atoms with E-state index in [1.54, 1.807) is 11.0 Å². The summed E-state index contributed by atoms with van der Waals surface area (Å²) in [6.07, 6.45) is 3.63. The van der Waals surface area contributed by atoms with E-state index in [9.17, 15) is 4.79 Å². The second-order valence-corrected chi connectivity index (χ2v) is 4.57. The third-order valence-corrected chi connectivity index (χ3v) is 3.06. The highest BCUT2D eigenvalue weighted by Crippen LogP contribution is 2.15. The highest BCUT2D eigenvalue weighted by molar-refractivity contribution is 5.76. The highest BCUT2D eigenvalue weighted by Gasteiger charge is 2.09. The molecule has 1 heterocycles. The van der Waals surface area contributed by atoms with Gasteiger partial charge in [-0.1, -0.05) is 12.1 Å². The maximum Gasteiger partial charge on any atom is 0.221 e. The molecule has 0 radical (unpaired) electrons. The summed E-state index contributed by atoms with van der Waals surface area (Å²) in [5.41, 5.74) is 2.01. The Bertz CT molecular complexity index is 535. The Hall–Kier alpha value is -2.21. The summed E-state index contributed by atoms with van der Waals surface area (Å²) >= 11 is 0. The highest BCUT2D eigenvalue weighted by atomic mass is 16.1. The lowest BCUT2D eigenvalue weighted by molar-refractivity contribution is -0.121. The van der Waals surface area contributed by atoms with Crippen molar-refractivity contribution in [2.45, 2.75) is 19.4 Å². The van der Waals surface area contributed by atoms with Crippen molar-refractivity contribution in [1.82, 2.24) is 25.4 Å². The number of carbonyl (C=O) groups is 1. The predicted octanol–water partition coefficient (Wildman–Crippen LogP) is 1.05. The van der Waals surface area contributed by atoms with Gasteiger partial charge in [0.2, 0.25) is 5.91 Å². The largest absolute Gasteiger partial charge is 0.350 e. The summed E-state index contributed by atoms with van der Waals surface area (Å²) in [7, 11) is 1.83. The van der Waals surface area contributed by atoms with Gasteiger partial charge in [0.15, 0.2) is 0 Å². The molecular weight excluding hydrogens is 254 g/mol. The fourth-order valence-electron chi connectivity index (χ4n) is 1.89. The van der Waals surface area contributed by atoms with Crippen LogP contribution >= 0.6 is 0 Å². The Kier molecular flexibility index (Phi) is 4.84. The van der Waals surface area contributed by atoms with E-state index in [0.717, 1.165) is 11.3 Å². The normalized spacial score (nSPS) is 12.1. The molecule has 1 unspecified atom stereocenters. The standard InChI is InChI=1S/C14H19N5O/c1-11(18-14(20)7-8-15-2)12-3-5-13(6-4-12)19-10-16-9-17-19/h3-6,9-11,15H,7-8H2,1-2H3,(H,18,20). The number of rotatable bonds is 6. The Morgan fingerprint density at radius 2 is 2.10 bits per heavy atom. The van der Waals surface area contributed by atoms with Crippen LogP contribution in [0, 0.1) is 0 Å². The smallest absolute Gasteiger partial charge is 0.221 e. The number of nitrogens with zero attached hydrogens (tertiary/aromatic N) is 3. The quantitative estimate of drug-likeness (QED) is 0.825. The van der Waals surface area contributed by atoms with Crippen LogP contribution in [-0.4, -0.2) is 34.3 Å². The fourth-order valence-corrected chi connectivity index (χ4v) is 1.89. The lowest BCUT2D eigenvalue weighted by atomic mass is 10.1. The van der Waals surface area contributed by atoms with Crippen LogP contribution in [0.5, 0.6) is 0 Å². The zero-order chi connectivity index (χ0) is 14.4. The Balaban J connectivity index is 1.97. The van der Waals surface area contributed by atoms with Crippen LogP contribution in [0.15, 0.2) is 36.9 Å². The van der Waals surface area contributed by atoms with Crippen molar-refractivity contribution in [2.24, 2.45) is 0 Å². The SMILES string of the molecule is CNCCC(=O)NC(C)c1ccc(-n2cncn2)cc1. The number of nitrogens with one attached hydrogen (secondary N) is 2. The van der Waals surface area contributed by atoms with Crippen LogP contribution in [0.25, 0.3) is 5.69 Å². The molecule has 1 aromatic heterocycles. The maximum absolute atomic E-state index is 11.7. The van der Waals surface area contributed by atoms with E-state index in [0.29, 0.717) is 13.0 Å². The monoisotopic (exact) mass is 273 g/mol. The minimum Gasteiger partial charge on any atom is -0.350 e. The van der Waals surface area contributed by atoms with E-state index in [4.69, 9.17) is 0 Å². The summed E-state index contributed by atoms with van der Waals surface area (Å²) in [5.74, 6) is 0.0483. The van der Waals surface area contributed by atoms with Gasteiger partial charge in [-0.05, 0) is 31.7 Å². The van der Waals surface area contributed by atoms with E-state index >= 15 is 0 Å². The second-order valence-electron chi connectivity index (χ2n) is 4.57. The van der Waals surface area contributed by atoms with Gasteiger partial charge in [0.1, 0.15) is 12.7 Å². The molecule has 0 aliphatic rings. The number of benzene rings is 1. The van der Waals surface area contributed by atoms with Crippen molar-refractivity contribution in [3.8, 4) is 5.69 Å². The molecule has 0 saturated carbocycles. The van der Waals surface area contributed by atoms with Gasteiger partial charge >= 0.3 is 0 Å². The van der Waals surface area contributed by atoms with Crippen molar-refractivity contribution in [3.05, 3.63) is 42.5 Å². The first-order valence-corrected chi connectivity index (χ1v) is 6.59. The molecule has 0 fully saturated rings. The van der Waals surface area contributed by atoms with Gasteiger partial charge in [-0.25, -0.2) is 9.67 Å². The molecule has 0 bridgehead atoms. The molecule has 2 N–H and O–H groups in total. The van der Waals surface area contributed by atoms with Crippen molar-refractivity contribution in [3.63, 3.8) is 0 Å². The van der Waals surface area contributed by atoms with Crippen LogP contribution in [-0.2, 0) is 4.79 Å². The summed E-state index contributed by atoms with van der Waals surface area (Å²) < 4.78 is 1.69. The van der Waals surface area contributed by atoms with Gasteiger partial charge in [-0.15, -0.1) is 0 Å². The number of carbonyl (C=O) groups excluding carboxylic acids is 1. The van der Waals surface area contributed by atoms with Gasteiger partial charge in [-0.2, -0.15) is 5.10 Å². The van der Waals surface area contributed by atoms with Gasteiger partial charge in [-0.3, -0.25) is 4.79 Å². The lowest BCUT2D eigenvalue weighted by Crippen LogP contribution is -2.29. The maximum atomic E-state index is 11.7. The van der Waals surface area contributed by atoms with E-state index in [2.05, 4.69) is 20.7 Å². The van der Waals surface area contributed by atoms with Gasteiger partial charge in [0.25, 0.3) is 0 Å². The molecule has 6 nitrogen and oxygen atoms in total. The van der Waals surface area contributed by atoms with Crippen LogP contribution in [0.2, 0.25) is 0 Å². The summed E-state index contributed by atoms with van der Waals surface area (Å²) in [6, 6.07) is 7.88. The number of aromatic nitrogens is 3. The zero-order valence-electron chi connectivity index (χ0n) is 11.7. The van der Waals surface area contributed by atoms with Crippen LogP contribution in [0.3, 0.4) is 0 Å². The molecule has 0 saturated heterocycles. The zero-order valence-corrected chi connectivity index (χ0v) is 11.7. The molecule has 20 heavy (non-hydrogen) atoms. The summed E-state index contributed by atoms with van der Waals surface area (Å²) in [4.78, 5) is 15.6. The first-order valence-electron chi connectivity index (χ1n) is 6.59. The minimum absolute atomic E-state index is 0.0100. The van der Waals surface area contributed by atoms with E-state index in [1.165, 1.54) is 6.33 Å². The molecule has 1 atom stereocenters. The van der Waals surface area contributed by atoms with Gasteiger partial charge in [0.05, 0.1) is 11.7 Å². The van der Waals surface area contributed by atoms with Crippen LogP contribution < -0.4 is 10.6 Å². The molecule has 2 aromatic rings. The first-order chi connectivity index (χ1) is 9.70. The third kappa shape index (κ3) is 3.64. The number of hydrogen-bond donors (Lipinski definition) is 2. The van der Waals surface area contributed by atoms with E-state index < -0.39 is 0 Å². The fraction of sp³-hybridized carbons (Fsp3) is 0.357. The Morgan fingerprint density at radius 3 is 2.70 bits per heavy atom. The molecular formula is C14H19N5O. The van der Waals surface area contributed by atoms with E-state index in [-0.39, 0.29) is 11.9 Å². The average molecular weight is 273 g/mol. The summed E-state index contributed by atoms with van der Waals surface area (Å²) in [5, 5.41) is 10.0. The van der Waals surface area contributed by atoms with Crippen LogP contribution in [0.1, 0.15) is 24.9 Å². The number of hydrogen-bond acceptors (Lipinski definition) is 4. The van der Waals surface area contributed by atoms with Crippen molar-refractivity contribution in [2.75, 3.05) is 13.6 Å². The van der Waals surface area contributed by atoms with Crippen molar-refractivity contribution >= 4 is 5.91 Å². The Labute approximate surface area is 118 Å². The lowest BCUT2D eigenvalue weighted by Gasteiger charge is -2.14. The Morgan fingerprint density at radius 1 is 1.35 bits per heavy atom. The van der Waals surface area contributed by atoms with Gasteiger partial charge < -0.3 is 10.6 Å². The molecule has 0 aliphatic heterocycles. The van der Waals surface area contributed by atoms with Gasteiger partial charge in [0, 0.05) is 13.0 Å². The number of amides is 1. The molecule has 2 rings (SSSR count). The molecule has 0 spiro atoms. The molecule has 6 heteroatoms. The average Bonchev–Trinajstić information content (AvgIpc) is 2.99. The third-order valence-electron chi connectivity index (χ3n) is 3.06. The van der Waals surface area contributed by atoms with E-state index in [1.807, 2.05) is 38.2 Å². The first kappa shape index (κ1) is 14.2. The molecule has 1 aromatic carbocycles. The molecule has 1 amide bonds. The minimum atomic E-state index is -0.0100. The van der Waals surface area contributed by atoms with Crippen molar-refractivity contribution < 1.29 is 4.79 Å². The molecule has 106 valence electrons. The second kappa shape index (κ2) is 6.81. The summed E-state index contributed by atoms with van der Waals surface area (Å²) in [6.45, 7) is 2.66. The molecule has 0 aliphatic carbocycles.